The van der Waals surface area contributed by atoms with E-state index >= 15 is 0 Å². The molecule has 24 heavy (non-hydrogen) atoms. The van der Waals surface area contributed by atoms with Crippen molar-refractivity contribution >= 4 is 5.97 Å². The van der Waals surface area contributed by atoms with Gasteiger partial charge in [-0.3, -0.25) is 0 Å². The summed E-state index contributed by atoms with van der Waals surface area (Å²) in [5.41, 5.74) is 0.578. The first kappa shape index (κ1) is 20.5. The Labute approximate surface area is 147 Å². The van der Waals surface area contributed by atoms with Crippen LogP contribution in [0.2, 0.25) is 0 Å². The molecule has 0 N–H and O–H groups in total. The Morgan fingerprint density at radius 2 is 1.50 bits per heavy atom. The van der Waals surface area contributed by atoms with Crippen LogP contribution < -0.4 is 4.74 Å². The average molecular weight is 335 g/mol. The van der Waals surface area contributed by atoms with Crippen LogP contribution in [0.3, 0.4) is 0 Å². The average Bonchev–Trinajstić information content (AvgIpc) is 2.60. The zero-order valence-corrected chi connectivity index (χ0v) is 15.7. The number of benzene rings is 1. The molecule has 0 aliphatic carbocycles. The van der Waals surface area contributed by atoms with E-state index in [1.165, 1.54) is 44.9 Å². The van der Waals surface area contributed by atoms with E-state index in [2.05, 4.69) is 6.92 Å². The summed E-state index contributed by atoms with van der Waals surface area (Å²) < 4.78 is 11.0. The molecule has 1 rings (SSSR count). The van der Waals surface area contributed by atoms with Crippen molar-refractivity contribution in [3.8, 4) is 5.75 Å². The molecule has 1 aromatic carbocycles. The summed E-state index contributed by atoms with van der Waals surface area (Å²) in [5.74, 6) is 0.553. The molecule has 3 nitrogen and oxygen atoms in total. The molecular weight excluding hydrogens is 300 g/mol. The summed E-state index contributed by atoms with van der Waals surface area (Å²) in [4.78, 5) is 11.9. The smallest absolute Gasteiger partial charge is 0.338 e. The molecule has 0 fully saturated rings. The summed E-state index contributed by atoms with van der Waals surface area (Å²) in [7, 11) is 0. The third-order valence-electron chi connectivity index (χ3n) is 4.24. The summed E-state index contributed by atoms with van der Waals surface area (Å²) in [6, 6.07) is 7.23. The van der Waals surface area contributed by atoms with Crippen LogP contribution in [0.25, 0.3) is 0 Å². The van der Waals surface area contributed by atoms with E-state index in [0.717, 1.165) is 25.2 Å². The molecule has 136 valence electrons. The standard InChI is InChI=1S/C21H34O3/c1-4-6-7-8-9-10-11-12-17-23-20-15-13-19(14-16-20)21(22)24-18(3)5-2/h13-16,18H,4-12,17H2,1-3H3. The molecule has 1 atom stereocenters. The fourth-order valence-corrected chi connectivity index (χ4v) is 2.45. The molecule has 0 saturated carbocycles. The zero-order valence-electron chi connectivity index (χ0n) is 15.7. The first-order chi connectivity index (χ1) is 11.7. The van der Waals surface area contributed by atoms with Gasteiger partial charge in [-0.15, -0.1) is 0 Å². The van der Waals surface area contributed by atoms with Crippen LogP contribution in [-0.2, 0) is 4.74 Å². The molecule has 0 spiro atoms. The zero-order chi connectivity index (χ0) is 17.6. The summed E-state index contributed by atoms with van der Waals surface area (Å²) in [6.07, 6.45) is 11.1. The van der Waals surface area contributed by atoms with Gasteiger partial charge in [-0.2, -0.15) is 0 Å². The normalized spacial score (nSPS) is 12.0. The quantitative estimate of drug-likeness (QED) is 0.320. The van der Waals surface area contributed by atoms with Crippen molar-refractivity contribution in [2.75, 3.05) is 6.61 Å². The summed E-state index contributed by atoms with van der Waals surface area (Å²) >= 11 is 0. The molecular formula is C21H34O3. The van der Waals surface area contributed by atoms with Gasteiger partial charge in [-0.1, -0.05) is 58.8 Å². The van der Waals surface area contributed by atoms with E-state index in [1.807, 2.05) is 26.0 Å². The number of hydrogen-bond acceptors (Lipinski definition) is 3. The Bertz CT molecular complexity index is 439. The molecule has 0 radical (unpaired) electrons. The molecule has 0 heterocycles. The summed E-state index contributed by atoms with van der Waals surface area (Å²) in [5, 5.41) is 0. The SMILES string of the molecule is CCCCCCCCCCOc1ccc(C(=O)OC(C)CC)cc1. The van der Waals surface area contributed by atoms with Crippen LogP contribution in [0, 0.1) is 0 Å². The van der Waals surface area contributed by atoms with E-state index in [0.29, 0.717) is 5.56 Å². The highest BCUT2D eigenvalue weighted by Gasteiger charge is 2.10. The predicted molar refractivity (Wildman–Crippen MR) is 99.7 cm³/mol. The highest BCUT2D eigenvalue weighted by Crippen LogP contribution is 2.15. The maximum absolute atomic E-state index is 11.9. The maximum atomic E-state index is 11.9. The van der Waals surface area contributed by atoms with E-state index < -0.39 is 0 Å². The Balaban J connectivity index is 2.15. The number of carbonyl (C=O) groups excluding carboxylic acids is 1. The Morgan fingerprint density at radius 3 is 2.08 bits per heavy atom. The molecule has 1 aromatic rings. The lowest BCUT2D eigenvalue weighted by molar-refractivity contribution is 0.0334. The van der Waals surface area contributed by atoms with Crippen LogP contribution in [0.15, 0.2) is 24.3 Å². The molecule has 0 saturated heterocycles. The molecule has 0 aromatic heterocycles. The second-order valence-corrected chi connectivity index (χ2v) is 6.47. The number of carbonyl (C=O) groups is 1. The van der Waals surface area contributed by atoms with E-state index in [1.54, 1.807) is 12.1 Å². The largest absolute Gasteiger partial charge is 0.494 e. The van der Waals surface area contributed by atoms with E-state index in [9.17, 15) is 4.79 Å². The van der Waals surface area contributed by atoms with Crippen molar-refractivity contribution in [1.29, 1.82) is 0 Å². The van der Waals surface area contributed by atoms with Gasteiger partial charge in [-0.05, 0) is 44.0 Å². The number of hydrogen-bond donors (Lipinski definition) is 0. The van der Waals surface area contributed by atoms with Crippen LogP contribution in [-0.4, -0.2) is 18.7 Å². The third kappa shape index (κ3) is 8.95. The minimum absolute atomic E-state index is 0.0459. The van der Waals surface area contributed by atoms with Gasteiger partial charge in [0.05, 0.1) is 18.3 Å². The van der Waals surface area contributed by atoms with Crippen molar-refractivity contribution in [3.05, 3.63) is 29.8 Å². The van der Waals surface area contributed by atoms with Crippen molar-refractivity contribution < 1.29 is 14.3 Å². The third-order valence-corrected chi connectivity index (χ3v) is 4.24. The Kier molecular flexibility index (Phi) is 11.0. The number of rotatable bonds is 13. The fourth-order valence-electron chi connectivity index (χ4n) is 2.45. The first-order valence-electron chi connectivity index (χ1n) is 9.61. The molecule has 0 aliphatic heterocycles. The minimum atomic E-state index is -0.265. The molecule has 3 heteroatoms. The highest BCUT2D eigenvalue weighted by molar-refractivity contribution is 5.89. The van der Waals surface area contributed by atoms with Gasteiger partial charge < -0.3 is 9.47 Å². The van der Waals surface area contributed by atoms with Crippen LogP contribution in [0.4, 0.5) is 0 Å². The van der Waals surface area contributed by atoms with Crippen molar-refractivity contribution in [2.24, 2.45) is 0 Å². The second-order valence-electron chi connectivity index (χ2n) is 6.47. The van der Waals surface area contributed by atoms with E-state index in [-0.39, 0.29) is 12.1 Å². The number of esters is 1. The van der Waals surface area contributed by atoms with Crippen LogP contribution >= 0.6 is 0 Å². The number of ether oxygens (including phenoxy) is 2. The molecule has 0 aliphatic rings. The predicted octanol–water partition coefficient (Wildman–Crippen LogP) is 6.16. The summed E-state index contributed by atoms with van der Waals surface area (Å²) in [6.45, 7) is 6.89. The fraction of sp³-hybridized carbons (Fsp3) is 0.667. The van der Waals surface area contributed by atoms with Gasteiger partial charge in [0.15, 0.2) is 0 Å². The van der Waals surface area contributed by atoms with Gasteiger partial charge in [0, 0.05) is 0 Å². The van der Waals surface area contributed by atoms with Gasteiger partial charge >= 0.3 is 5.97 Å². The monoisotopic (exact) mass is 334 g/mol. The van der Waals surface area contributed by atoms with E-state index in [4.69, 9.17) is 9.47 Å². The maximum Gasteiger partial charge on any atom is 0.338 e. The first-order valence-corrected chi connectivity index (χ1v) is 9.61. The van der Waals surface area contributed by atoms with Gasteiger partial charge in [0.25, 0.3) is 0 Å². The highest BCUT2D eigenvalue weighted by atomic mass is 16.5. The van der Waals surface area contributed by atoms with Gasteiger partial charge in [0.1, 0.15) is 5.75 Å². The number of unbranched alkanes of at least 4 members (excludes halogenated alkanes) is 7. The minimum Gasteiger partial charge on any atom is -0.494 e. The molecule has 1 unspecified atom stereocenters. The lowest BCUT2D eigenvalue weighted by Gasteiger charge is -2.11. The topological polar surface area (TPSA) is 35.5 Å². The van der Waals surface area contributed by atoms with Crippen molar-refractivity contribution in [1.82, 2.24) is 0 Å². The van der Waals surface area contributed by atoms with Gasteiger partial charge in [0.2, 0.25) is 0 Å². The lowest BCUT2D eigenvalue weighted by atomic mass is 10.1. The Hall–Kier alpha value is -1.51. The molecule has 0 bridgehead atoms. The van der Waals surface area contributed by atoms with Crippen LogP contribution in [0.5, 0.6) is 5.75 Å². The van der Waals surface area contributed by atoms with Crippen molar-refractivity contribution in [2.45, 2.75) is 84.7 Å². The van der Waals surface area contributed by atoms with Gasteiger partial charge in [-0.25, -0.2) is 4.79 Å². The van der Waals surface area contributed by atoms with Crippen molar-refractivity contribution in [3.63, 3.8) is 0 Å². The lowest BCUT2D eigenvalue weighted by Crippen LogP contribution is -2.13. The van der Waals surface area contributed by atoms with Crippen LogP contribution in [0.1, 0.15) is 88.9 Å². The molecule has 0 amide bonds. The Morgan fingerprint density at radius 1 is 0.917 bits per heavy atom. The second kappa shape index (κ2) is 12.9.